The summed E-state index contributed by atoms with van der Waals surface area (Å²) in [6, 6.07) is 3.06. The number of carbonyl (C=O) groups excluding carboxylic acids is 1. The smallest absolute Gasteiger partial charge is 0.250 e. The van der Waals surface area contributed by atoms with Gasteiger partial charge in [0, 0.05) is 44.1 Å². The molecule has 0 bridgehead atoms. The number of rotatable bonds is 5. The van der Waals surface area contributed by atoms with Crippen LogP contribution in [0.3, 0.4) is 0 Å². The Hall–Kier alpha value is -1.82. The van der Waals surface area contributed by atoms with E-state index in [1.165, 1.54) is 6.07 Å². The van der Waals surface area contributed by atoms with Crippen LogP contribution < -0.4 is 16.6 Å². The van der Waals surface area contributed by atoms with Crippen LogP contribution in [0.5, 0.6) is 0 Å². The lowest BCUT2D eigenvalue weighted by atomic mass is 10.1. The summed E-state index contributed by atoms with van der Waals surface area (Å²) in [5.41, 5.74) is 6.23. The van der Waals surface area contributed by atoms with Crippen LogP contribution in [-0.2, 0) is 11.3 Å². The number of hydrogen-bond acceptors (Lipinski definition) is 4. The highest BCUT2D eigenvalue weighted by Crippen LogP contribution is 2.09. The zero-order valence-electron chi connectivity index (χ0n) is 11.8. The molecule has 20 heavy (non-hydrogen) atoms. The molecule has 1 aliphatic heterocycles. The van der Waals surface area contributed by atoms with E-state index in [0.29, 0.717) is 18.8 Å². The molecule has 1 amide bonds. The van der Waals surface area contributed by atoms with Crippen LogP contribution in [0.2, 0.25) is 0 Å². The van der Waals surface area contributed by atoms with Crippen LogP contribution in [0, 0.1) is 0 Å². The molecule has 3 N–H and O–H groups in total. The summed E-state index contributed by atoms with van der Waals surface area (Å²) in [6.07, 6.45) is 3.31. The number of pyridine rings is 1. The first-order valence-corrected chi connectivity index (χ1v) is 7.09. The van der Waals surface area contributed by atoms with E-state index in [1.54, 1.807) is 16.8 Å². The summed E-state index contributed by atoms with van der Waals surface area (Å²) in [5, 5.41) is 2.89. The van der Waals surface area contributed by atoms with E-state index in [9.17, 15) is 9.59 Å². The van der Waals surface area contributed by atoms with Crippen molar-refractivity contribution in [2.24, 2.45) is 0 Å². The number of aryl methyl sites for hydroxylation is 1. The first-order chi connectivity index (χ1) is 9.61. The summed E-state index contributed by atoms with van der Waals surface area (Å²) >= 11 is 0. The summed E-state index contributed by atoms with van der Waals surface area (Å²) in [5.74, 6) is 0.111. The van der Waals surface area contributed by atoms with Gasteiger partial charge in [-0.15, -0.1) is 0 Å². The number of hydrogen-bond donors (Lipinski definition) is 2. The number of amides is 1. The van der Waals surface area contributed by atoms with Gasteiger partial charge < -0.3 is 15.6 Å². The van der Waals surface area contributed by atoms with Gasteiger partial charge in [-0.2, -0.15) is 0 Å². The molecule has 1 aromatic heterocycles. The lowest BCUT2D eigenvalue weighted by Crippen LogP contribution is -2.55. The molecular formula is C14H22N4O2. The Labute approximate surface area is 118 Å². The number of nitrogens with one attached hydrogen (secondary N) is 1. The molecule has 2 rings (SSSR count). The second kappa shape index (κ2) is 6.56. The minimum atomic E-state index is -0.0404. The van der Waals surface area contributed by atoms with E-state index in [1.807, 2.05) is 6.92 Å². The third-order valence-electron chi connectivity index (χ3n) is 3.68. The van der Waals surface area contributed by atoms with Gasteiger partial charge in [-0.25, -0.2) is 0 Å². The highest BCUT2D eigenvalue weighted by molar-refractivity contribution is 5.82. The zero-order valence-corrected chi connectivity index (χ0v) is 11.8. The molecule has 0 saturated carbocycles. The van der Waals surface area contributed by atoms with Gasteiger partial charge in [0.1, 0.15) is 0 Å². The molecule has 1 aromatic rings. The monoisotopic (exact) mass is 278 g/mol. The third-order valence-corrected chi connectivity index (χ3v) is 3.68. The maximum Gasteiger partial charge on any atom is 0.250 e. The molecule has 2 heterocycles. The van der Waals surface area contributed by atoms with Gasteiger partial charge in [0.25, 0.3) is 5.56 Å². The number of nitrogens with two attached hydrogens (primary N) is 1. The van der Waals surface area contributed by atoms with Gasteiger partial charge in [-0.1, -0.05) is 6.92 Å². The highest BCUT2D eigenvalue weighted by atomic mass is 16.2. The maximum atomic E-state index is 11.7. The van der Waals surface area contributed by atoms with Gasteiger partial charge in [0.2, 0.25) is 5.91 Å². The minimum absolute atomic E-state index is 0.0392. The zero-order chi connectivity index (χ0) is 14.5. The fraction of sp³-hybridized carbons (Fsp3) is 0.571. The van der Waals surface area contributed by atoms with Crippen molar-refractivity contribution in [2.45, 2.75) is 32.4 Å². The lowest BCUT2D eigenvalue weighted by Gasteiger charge is -2.34. The van der Waals surface area contributed by atoms with Crippen molar-refractivity contribution in [1.29, 1.82) is 0 Å². The van der Waals surface area contributed by atoms with E-state index in [4.69, 9.17) is 5.73 Å². The third kappa shape index (κ3) is 3.39. The Balaban J connectivity index is 1.90. The van der Waals surface area contributed by atoms with Gasteiger partial charge in [-0.05, 0) is 18.9 Å². The number of nitrogen functional groups attached to an aromatic ring is 1. The Morgan fingerprint density at radius 1 is 1.35 bits per heavy atom. The molecule has 0 aliphatic carbocycles. The number of piperazine rings is 1. The highest BCUT2D eigenvalue weighted by Gasteiger charge is 2.27. The largest absolute Gasteiger partial charge is 0.398 e. The molecular weight excluding hydrogens is 256 g/mol. The Morgan fingerprint density at radius 3 is 2.90 bits per heavy atom. The Morgan fingerprint density at radius 2 is 2.15 bits per heavy atom. The minimum Gasteiger partial charge on any atom is -0.398 e. The van der Waals surface area contributed by atoms with E-state index in [2.05, 4.69) is 10.2 Å². The summed E-state index contributed by atoms with van der Waals surface area (Å²) < 4.78 is 1.63. The Bertz CT molecular complexity index is 526. The normalized spacial score (nSPS) is 19.9. The van der Waals surface area contributed by atoms with Gasteiger partial charge in [-0.3, -0.25) is 14.5 Å². The fourth-order valence-corrected chi connectivity index (χ4v) is 2.64. The van der Waals surface area contributed by atoms with E-state index < -0.39 is 0 Å². The van der Waals surface area contributed by atoms with Crippen LogP contribution in [0.15, 0.2) is 23.1 Å². The van der Waals surface area contributed by atoms with Crippen LogP contribution in [-0.4, -0.2) is 41.1 Å². The molecule has 1 saturated heterocycles. The average molecular weight is 278 g/mol. The van der Waals surface area contributed by atoms with Crippen molar-refractivity contribution in [1.82, 2.24) is 14.8 Å². The number of anilines is 1. The number of nitrogens with zero attached hydrogens (tertiary/aromatic N) is 2. The topological polar surface area (TPSA) is 80.4 Å². The summed E-state index contributed by atoms with van der Waals surface area (Å²) in [6.45, 7) is 5.03. The number of carbonyl (C=O) groups is 1. The van der Waals surface area contributed by atoms with E-state index in [-0.39, 0.29) is 17.5 Å². The SMILES string of the molecule is CCC1C(=O)NCCN1CCCn1cc(N)ccc1=O. The molecule has 1 aliphatic rings. The molecule has 0 radical (unpaired) electrons. The van der Waals surface area contributed by atoms with Crippen molar-refractivity contribution in [3.05, 3.63) is 28.7 Å². The van der Waals surface area contributed by atoms with Crippen molar-refractivity contribution < 1.29 is 4.79 Å². The molecule has 0 spiro atoms. The maximum absolute atomic E-state index is 11.7. The summed E-state index contributed by atoms with van der Waals surface area (Å²) in [7, 11) is 0. The predicted octanol–water partition coefficient (Wildman–Crippen LogP) is 0.0310. The molecule has 6 heteroatoms. The van der Waals surface area contributed by atoms with Crippen LogP contribution in [0.25, 0.3) is 0 Å². The number of aromatic nitrogens is 1. The van der Waals surface area contributed by atoms with Gasteiger partial charge in [0.05, 0.1) is 6.04 Å². The van der Waals surface area contributed by atoms with E-state index >= 15 is 0 Å². The quantitative estimate of drug-likeness (QED) is 0.796. The van der Waals surface area contributed by atoms with E-state index in [0.717, 1.165) is 25.9 Å². The van der Waals surface area contributed by atoms with Crippen LogP contribution >= 0.6 is 0 Å². The first kappa shape index (κ1) is 14.6. The first-order valence-electron chi connectivity index (χ1n) is 7.09. The second-order valence-electron chi connectivity index (χ2n) is 5.10. The fourth-order valence-electron chi connectivity index (χ4n) is 2.64. The molecule has 1 fully saturated rings. The van der Waals surface area contributed by atoms with Crippen molar-refractivity contribution in [3.8, 4) is 0 Å². The van der Waals surface area contributed by atoms with Crippen LogP contribution in [0.1, 0.15) is 19.8 Å². The van der Waals surface area contributed by atoms with Gasteiger partial charge in [0.15, 0.2) is 0 Å². The lowest BCUT2D eigenvalue weighted by molar-refractivity contribution is -0.129. The second-order valence-corrected chi connectivity index (χ2v) is 5.10. The van der Waals surface area contributed by atoms with Crippen LogP contribution in [0.4, 0.5) is 5.69 Å². The molecule has 0 aromatic carbocycles. The Kier molecular flexibility index (Phi) is 4.79. The standard InChI is InChI=1S/C14H22N4O2/c1-2-12-14(20)16-6-9-17(12)7-3-8-18-10-11(15)4-5-13(18)19/h4-5,10,12H,2-3,6-9,15H2,1H3,(H,16,20). The molecule has 6 nitrogen and oxygen atoms in total. The molecule has 1 atom stereocenters. The molecule has 110 valence electrons. The predicted molar refractivity (Wildman–Crippen MR) is 78.4 cm³/mol. The molecule has 1 unspecified atom stereocenters. The van der Waals surface area contributed by atoms with Crippen molar-refractivity contribution in [2.75, 3.05) is 25.4 Å². The van der Waals surface area contributed by atoms with Crippen molar-refractivity contribution in [3.63, 3.8) is 0 Å². The summed E-state index contributed by atoms with van der Waals surface area (Å²) in [4.78, 5) is 25.6. The average Bonchev–Trinajstić information content (AvgIpc) is 2.43. The van der Waals surface area contributed by atoms with Gasteiger partial charge >= 0.3 is 0 Å². The van der Waals surface area contributed by atoms with Crippen molar-refractivity contribution >= 4 is 11.6 Å².